The molecule has 3 aliphatic rings. The van der Waals surface area contributed by atoms with Gasteiger partial charge in [-0.15, -0.1) is 0 Å². The van der Waals surface area contributed by atoms with Crippen LogP contribution in [-0.4, -0.2) is 66.2 Å². The minimum Gasteiger partial charge on any atom is -0.395 e. The number of nitrogens with zero attached hydrogens (tertiary/aromatic N) is 1. The molecule has 0 aromatic heterocycles. The van der Waals surface area contributed by atoms with E-state index in [9.17, 15) is 5.11 Å². The summed E-state index contributed by atoms with van der Waals surface area (Å²) in [5, 5.41) is 25.8. The largest absolute Gasteiger partial charge is 0.395 e. The third-order valence-corrected chi connectivity index (χ3v) is 10.8. The Kier molecular flexibility index (Phi) is 25.4. The van der Waals surface area contributed by atoms with Crippen molar-refractivity contribution in [2.24, 2.45) is 40.1 Å². The fourth-order valence-electron chi connectivity index (χ4n) is 8.21. The number of fused-ring (bicyclic) bond motifs is 2. The Hall–Kier alpha value is -1.02. The molecule has 6 nitrogen and oxygen atoms in total. The van der Waals surface area contributed by atoms with Crippen LogP contribution in [0.1, 0.15) is 137 Å². The van der Waals surface area contributed by atoms with Crippen LogP contribution < -0.4 is 11.5 Å². The molecule has 6 heteroatoms. The molecule has 3 saturated carbocycles. The number of nitrogens with two attached hydrogens (primary N) is 2. The maximum atomic E-state index is 10.3. The van der Waals surface area contributed by atoms with Gasteiger partial charge in [-0.05, 0) is 118 Å². The van der Waals surface area contributed by atoms with Gasteiger partial charge in [0.25, 0.3) is 0 Å². The van der Waals surface area contributed by atoms with E-state index in [1.54, 1.807) is 0 Å². The molecule has 0 aliphatic heterocycles. The Morgan fingerprint density at radius 1 is 0.778 bits per heavy atom. The van der Waals surface area contributed by atoms with Crippen LogP contribution in [0.2, 0.25) is 0 Å². The first-order valence-corrected chi connectivity index (χ1v) is 18.7. The average Bonchev–Trinajstić information content (AvgIpc) is 3.37. The number of hydrogen-bond acceptors (Lipinski definition) is 6. The lowest BCUT2D eigenvalue weighted by Gasteiger charge is -2.46. The minimum absolute atomic E-state index is 0.0288. The summed E-state index contributed by atoms with van der Waals surface area (Å²) in [7, 11) is 2.28. The highest BCUT2D eigenvalue weighted by Gasteiger charge is 2.47. The predicted octanol–water partition coefficient (Wildman–Crippen LogP) is 7.77. The molecule has 1 aromatic carbocycles. The molecule has 266 valence electrons. The van der Waals surface area contributed by atoms with Crippen molar-refractivity contribution in [1.29, 1.82) is 0 Å². The zero-order valence-electron chi connectivity index (χ0n) is 30.8. The Morgan fingerprint density at radius 3 is 1.98 bits per heavy atom. The van der Waals surface area contributed by atoms with Crippen molar-refractivity contribution >= 4 is 0 Å². The van der Waals surface area contributed by atoms with Gasteiger partial charge in [0.2, 0.25) is 0 Å². The lowest BCUT2D eigenvalue weighted by Crippen LogP contribution is -2.38. The molecule has 1 aromatic rings. The molecule has 45 heavy (non-hydrogen) atoms. The van der Waals surface area contributed by atoms with Gasteiger partial charge in [0.15, 0.2) is 0 Å². The van der Waals surface area contributed by atoms with Crippen LogP contribution in [0, 0.1) is 28.6 Å². The summed E-state index contributed by atoms with van der Waals surface area (Å²) in [6, 6.07) is 10.9. The Labute approximate surface area is 279 Å². The molecule has 3 aliphatic carbocycles. The summed E-state index contributed by atoms with van der Waals surface area (Å²) < 4.78 is 0. The Bertz CT molecular complexity index is 789. The van der Waals surface area contributed by atoms with E-state index in [0.717, 1.165) is 37.1 Å². The number of aliphatic hydroxyl groups is 3. The van der Waals surface area contributed by atoms with Crippen molar-refractivity contribution in [1.82, 2.24) is 4.90 Å². The van der Waals surface area contributed by atoms with E-state index in [1.807, 2.05) is 27.7 Å². The fraction of sp³-hybridized carbons (Fsp3) is 0.846. The van der Waals surface area contributed by atoms with Gasteiger partial charge in [0, 0.05) is 19.6 Å². The van der Waals surface area contributed by atoms with Gasteiger partial charge >= 0.3 is 0 Å². The number of unbranched alkanes of at least 4 members (excludes halogenated alkanes) is 1. The minimum atomic E-state index is -0.0288. The third-order valence-electron chi connectivity index (χ3n) is 10.8. The molecule has 0 spiro atoms. The summed E-state index contributed by atoms with van der Waals surface area (Å²) in [6.07, 6.45) is 18.9. The maximum Gasteiger partial charge on any atom is 0.0553 e. The average molecular weight is 636 g/mol. The molecule has 0 saturated heterocycles. The van der Waals surface area contributed by atoms with Gasteiger partial charge < -0.3 is 31.7 Å². The molecule has 4 rings (SSSR count). The molecule has 0 bridgehead atoms. The number of rotatable bonds is 9. The lowest BCUT2D eigenvalue weighted by atomic mass is 9.60. The van der Waals surface area contributed by atoms with Crippen LogP contribution in [0.4, 0.5) is 0 Å². The predicted molar refractivity (Wildman–Crippen MR) is 195 cm³/mol. The monoisotopic (exact) mass is 636 g/mol. The van der Waals surface area contributed by atoms with Crippen molar-refractivity contribution in [2.75, 3.05) is 39.9 Å². The van der Waals surface area contributed by atoms with Gasteiger partial charge in [0.1, 0.15) is 0 Å². The molecule has 0 amide bonds. The van der Waals surface area contributed by atoms with Crippen molar-refractivity contribution in [3.63, 3.8) is 0 Å². The molecule has 3 fully saturated rings. The van der Waals surface area contributed by atoms with E-state index < -0.39 is 0 Å². The van der Waals surface area contributed by atoms with Gasteiger partial charge in [-0.3, -0.25) is 0 Å². The van der Waals surface area contributed by atoms with E-state index in [0.29, 0.717) is 23.9 Å². The Morgan fingerprint density at radius 2 is 1.38 bits per heavy atom. The van der Waals surface area contributed by atoms with Crippen LogP contribution in [0.5, 0.6) is 0 Å². The molecule has 6 atom stereocenters. The highest BCUT2D eigenvalue weighted by molar-refractivity contribution is 5.14. The first-order chi connectivity index (χ1) is 21.7. The normalized spacial score (nSPS) is 29.1. The van der Waals surface area contributed by atoms with Crippen LogP contribution >= 0.6 is 0 Å². The van der Waals surface area contributed by atoms with Gasteiger partial charge in [-0.2, -0.15) is 0 Å². The summed E-state index contributed by atoms with van der Waals surface area (Å²) in [4.78, 5) is 2.50. The van der Waals surface area contributed by atoms with Crippen molar-refractivity contribution in [2.45, 2.75) is 144 Å². The molecule has 6 unspecified atom stereocenters. The molecule has 0 radical (unpaired) electrons. The summed E-state index contributed by atoms with van der Waals surface area (Å²) >= 11 is 0. The maximum absolute atomic E-state index is 10.3. The smallest absolute Gasteiger partial charge is 0.0553 e. The van der Waals surface area contributed by atoms with E-state index in [2.05, 4.69) is 56.1 Å². The van der Waals surface area contributed by atoms with Crippen LogP contribution in [0.3, 0.4) is 0 Å². The number of aliphatic hydroxyl groups excluding tert-OH is 3. The summed E-state index contributed by atoms with van der Waals surface area (Å²) in [6.45, 7) is 16.5. The van der Waals surface area contributed by atoms with E-state index >= 15 is 0 Å². The zero-order chi connectivity index (χ0) is 34.1. The summed E-state index contributed by atoms with van der Waals surface area (Å²) in [5.74, 6) is 2.65. The highest BCUT2D eigenvalue weighted by Crippen LogP contribution is 2.57. The second-order valence-corrected chi connectivity index (χ2v) is 13.8. The molecule has 7 N–H and O–H groups in total. The first kappa shape index (κ1) is 44.0. The van der Waals surface area contributed by atoms with Crippen molar-refractivity contribution < 1.29 is 15.3 Å². The Balaban J connectivity index is 0.00000140. The van der Waals surface area contributed by atoms with E-state index in [4.69, 9.17) is 21.7 Å². The van der Waals surface area contributed by atoms with Gasteiger partial charge in [-0.1, -0.05) is 91.1 Å². The third kappa shape index (κ3) is 16.1. The van der Waals surface area contributed by atoms with E-state index in [1.165, 1.54) is 89.2 Å². The van der Waals surface area contributed by atoms with Crippen LogP contribution in [0.15, 0.2) is 30.3 Å². The fourth-order valence-corrected chi connectivity index (χ4v) is 8.21. The lowest BCUT2D eigenvalue weighted by molar-refractivity contribution is -0.00305. The topological polar surface area (TPSA) is 116 Å². The SMILES string of the molecule is CC.CC.CN(CCCCC1CCC2CCCC3CC(O)CCC3(C)CCCC12C)Cc1ccccc1.NCCO.NCCO. The van der Waals surface area contributed by atoms with Gasteiger partial charge in [-0.25, -0.2) is 0 Å². The zero-order valence-corrected chi connectivity index (χ0v) is 30.8. The number of benzene rings is 1. The second-order valence-electron chi connectivity index (χ2n) is 13.8. The van der Waals surface area contributed by atoms with Crippen molar-refractivity contribution in [3.05, 3.63) is 35.9 Å². The van der Waals surface area contributed by atoms with Crippen molar-refractivity contribution in [3.8, 4) is 0 Å². The van der Waals surface area contributed by atoms with E-state index in [-0.39, 0.29) is 19.3 Å². The summed E-state index contributed by atoms with van der Waals surface area (Å²) in [5.41, 5.74) is 12.0. The first-order valence-electron chi connectivity index (χ1n) is 18.7. The van der Waals surface area contributed by atoms with Crippen LogP contribution in [-0.2, 0) is 6.54 Å². The molecular formula is C39H77N3O3. The van der Waals surface area contributed by atoms with Gasteiger partial charge in [0.05, 0.1) is 19.3 Å². The molecular weight excluding hydrogens is 558 g/mol. The second kappa shape index (κ2) is 26.0. The van der Waals surface area contributed by atoms with Crippen LogP contribution in [0.25, 0.3) is 0 Å². The quantitative estimate of drug-likeness (QED) is 0.177. The standard InChI is InChI=1S/C31H51NO.2C2H7NO.2C2H6/c1-30-19-10-20-31(2)26(13-7-8-22-32(3)24-25-11-5-4-6-12-25)16-17-27(31)14-9-15-28(30)23-29(33)18-21-30;2*3-1-2-4;2*1-2/h4-6,11-12,26-29,33H,7-10,13-24H2,1-3H3;2*4H,1-3H2;2*1-2H3. The molecule has 0 heterocycles. The number of hydrogen-bond donors (Lipinski definition) is 5. The highest BCUT2D eigenvalue weighted by atomic mass is 16.3.